The summed E-state index contributed by atoms with van der Waals surface area (Å²) >= 11 is 0. The Morgan fingerprint density at radius 1 is 0.392 bits per heavy atom. The number of ether oxygens (including phenoxy) is 3. The summed E-state index contributed by atoms with van der Waals surface area (Å²) in [6, 6.07) is 0. The molecule has 0 saturated carbocycles. The van der Waals surface area contributed by atoms with E-state index in [1.807, 2.05) is 12.2 Å². The van der Waals surface area contributed by atoms with E-state index in [0.717, 1.165) is 77.0 Å². The van der Waals surface area contributed by atoms with Crippen LogP contribution in [0, 0.1) is 0 Å². The highest BCUT2D eigenvalue weighted by Crippen LogP contribution is 2.43. The Kier molecular flexibility index (Phi) is 53.8. The van der Waals surface area contributed by atoms with E-state index in [1.54, 1.807) is 0 Å². The van der Waals surface area contributed by atoms with Gasteiger partial charge in [-0.15, -0.1) is 0 Å². The zero-order valence-corrected chi connectivity index (χ0v) is 48.2. The summed E-state index contributed by atoms with van der Waals surface area (Å²) in [5.41, 5.74) is 0. The predicted molar refractivity (Wildman–Crippen MR) is 307 cm³/mol. The summed E-state index contributed by atoms with van der Waals surface area (Å²) in [5, 5.41) is 9.82. The number of aliphatic hydroxyl groups excluding tert-OH is 1. The van der Waals surface area contributed by atoms with Crippen LogP contribution in [0.25, 0.3) is 0 Å². The third-order valence-electron chi connectivity index (χ3n) is 12.7. The summed E-state index contributed by atoms with van der Waals surface area (Å²) in [6.45, 7) is 4.48. The van der Waals surface area contributed by atoms with E-state index in [4.69, 9.17) is 23.3 Å². The first kappa shape index (κ1) is 70.9. The van der Waals surface area contributed by atoms with Gasteiger partial charge in [0, 0.05) is 19.3 Å². The average Bonchev–Trinajstić information content (AvgIpc) is 3.39. The standard InChI is InChI=1S/C62H109O11P/c1-4-7-10-13-16-19-22-25-27-28-29-30-32-35-38-41-44-47-50-53-62(66)73-59(55-69-60(64)51-48-45-42-39-36-33-24-21-18-15-12-9-6-3)57-71-74(67,68)70-56-58(54-63)72-61(65)52-49-46-43-40-37-34-31-26-23-20-17-14-11-8-5-2/h7,10,16,19,25,27,29-30,35,38,44,47,58-59,63H,4-6,8-9,11-15,17-18,20-24,26,28,31-34,36-37,39-43,45-46,48-57H2,1-3H3,(H,67,68)/b10-7-,19-16-,27-25-,30-29-,38-35-,47-44-. The summed E-state index contributed by atoms with van der Waals surface area (Å²) < 4.78 is 39.5. The molecule has 0 spiro atoms. The molecule has 0 bridgehead atoms. The fraction of sp³-hybridized carbons (Fsp3) is 0.758. The monoisotopic (exact) mass is 1060 g/mol. The van der Waals surface area contributed by atoms with Crippen LogP contribution in [0.2, 0.25) is 0 Å². The Hall–Kier alpha value is -3.08. The molecule has 11 nitrogen and oxygen atoms in total. The van der Waals surface area contributed by atoms with Gasteiger partial charge in [0.05, 0.1) is 19.8 Å². The van der Waals surface area contributed by atoms with Gasteiger partial charge in [-0.05, 0) is 57.8 Å². The van der Waals surface area contributed by atoms with Crippen LogP contribution in [-0.2, 0) is 42.2 Å². The molecule has 74 heavy (non-hydrogen) atoms. The Balaban J connectivity index is 4.79. The number of carbonyl (C=O) groups excluding carboxylic acids is 3. The number of carbonyl (C=O) groups is 3. The van der Waals surface area contributed by atoms with Crippen molar-refractivity contribution in [2.75, 3.05) is 26.4 Å². The van der Waals surface area contributed by atoms with Crippen molar-refractivity contribution in [1.82, 2.24) is 0 Å². The molecule has 0 aliphatic heterocycles. The highest BCUT2D eigenvalue weighted by molar-refractivity contribution is 7.47. The second-order valence-corrected chi connectivity index (χ2v) is 21.2. The molecule has 12 heteroatoms. The highest BCUT2D eigenvalue weighted by Gasteiger charge is 2.28. The van der Waals surface area contributed by atoms with Crippen molar-refractivity contribution in [2.24, 2.45) is 0 Å². The van der Waals surface area contributed by atoms with Gasteiger partial charge in [0.1, 0.15) is 12.7 Å². The quantitative estimate of drug-likeness (QED) is 0.0197. The molecule has 2 N–H and O–H groups in total. The molecule has 0 saturated heterocycles. The van der Waals surface area contributed by atoms with Crippen LogP contribution < -0.4 is 0 Å². The van der Waals surface area contributed by atoms with Crippen LogP contribution in [0.5, 0.6) is 0 Å². The summed E-state index contributed by atoms with van der Waals surface area (Å²) in [6.07, 6.45) is 63.0. The lowest BCUT2D eigenvalue weighted by atomic mass is 10.0. The minimum absolute atomic E-state index is 0.0435. The first-order valence-corrected chi connectivity index (χ1v) is 31.3. The number of phosphoric acid groups is 1. The van der Waals surface area contributed by atoms with Gasteiger partial charge in [-0.2, -0.15) is 0 Å². The minimum atomic E-state index is -4.77. The Morgan fingerprint density at radius 2 is 0.703 bits per heavy atom. The molecule has 0 rings (SSSR count). The number of unbranched alkanes of at least 4 members (excludes halogenated alkanes) is 26. The number of esters is 3. The molecule has 3 atom stereocenters. The topological polar surface area (TPSA) is 155 Å². The lowest BCUT2D eigenvalue weighted by molar-refractivity contribution is -0.161. The number of allylic oxidation sites excluding steroid dienone is 12. The number of phosphoric ester groups is 1. The third kappa shape index (κ3) is 53.7. The smallest absolute Gasteiger partial charge is 0.462 e. The van der Waals surface area contributed by atoms with Crippen LogP contribution >= 0.6 is 7.82 Å². The number of aliphatic hydroxyl groups is 1. The summed E-state index contributed by atoms with van der Waals surface area (Å²) in [4.78, 5) is 48.5. The van der Waals surface area contributed by atoms with Crippen LogP contribution in [0.4, 0.5) is 0 Å². The largest absolute Gasteiger partial charge is 0.472 e. The molecular formula is C62H109O11P. The minimum Gasteiger partial charge on any atom is -0.462 e. The Labute approximate surface area is 452 Å². The molecule has 428 valence electrons. The molecule has 0 aliphatic rings. The first-order chi connectivity index (χ1) is 36.2. The van der Waals surface area contributed by atoms with Gasteiger partial charge in [-0.3, -0.25) is 23.4 Å². The normalized spacial score (nSPS) is 13.9. The Morgan fingerprint density at radius 3 is 1.08 bits per heavy atom. The van der Waals surface area contributed by atoms with Gasteiger partial charge in [0.2, 0.25) is 0 Å². The van der Waals surface area contributed by atoms with E-state index < -0.39 is 57.8 Å². The lowest BCUT2D eigenvalue weighted by Crippen LogP contribution is -2.30. The van der Waals surface area contributed by atoms with E-state index in [-0.39, 0.29) is 25.9 Å². The molecule has 0 fully saturated rings. The van der Waals surface area contributed by atoms with Crippen molar-refractivity contribution in [3.8, 4) is 0 Å². The molecule has 0 amide bonds. The molecule has 0 aliphatic carbocycles. The van der Waals surface area contributed by atoms with Crippen LogP contribution in [-0.4, -0.2) is 66.5 Å². The van der Waals surface area contributed by atoms with Gasteiger partial charge in [-0.1, -0.05) is 261 Å². The van der Waals surface area contributed by atoms with Gasteiger partial charge in [0.15, 0.2) is 6.10 Å². The molecule has 3 unspecified atom stereocenters. The van der Waals surface area contributed by atoms with Crippen LogP contribution in [0.3, 0.4) is 0 Å². The fourth-order valence-corrected chi connectivity index (χ4v) is 8.93. The zero-order valence-electron chi connectivity index (χ0n) is 47.3. The summed E-state index contributed by atoms with van der Waals surface area (Å²) in [5.74, 6) is -1.55. The maximum Gasteiger partial charge on any atom is 0.472 e. The molecule has 0 aromatic heterocycles. The van der Waals surface area contributed by atoms with Crippen LogP contribution in [0.15, 0.2) is 72.9 Å². The van der Waals surface area contributed by atoms with Crippen molar-refractivity contribution < 1.29 is 52.2 Å². The second kappa shape index (κ2) is 56.1. The molecule has 0 heterocycles. The SMILES string of the molecule is CC/C=C\C/C=C\C/C=C\C/C=C\C/C=C\C/C=C\CCC(=O)OC(COC(=O)CCCCCCCCCCCCCCC)COP(=O)(O)OCC(CO)OC(=O)CCCCCCCCCCCCCCCCC. The van der Waals surface area contributed by atoms with Gasteiger partial charge < -0.3 is 24.2 Å². The molecular weight excluding hydrogens is 952 g/mol. The first-order valence-electron chi connectivity index (χ1n) is 29.8. The van der Waals surface area contributed by atoms with Crippen molar-refractivity contribution in [1.29, 1.82) is 0 Å². The third-order valence-corrected chi connectivity index (χ3v) is 13.6. The van der Waals surface area contributed by atoms with E-state index in [9.17, 15) is 28.9 Å². The van der Waals surface area contributed by atoms with Gasteiger partial charge >= 0.3 is 25.7 Å². The van der Waals surface area contributed by atoms with Crippen molar-refractivity contribution in [2.45, 2.75) is 277 Å². The van der Waals surface area contributed by atoms with E-state index in [0.29, 0.717) is 19.3 Å². The summed E-state index contributed by atoms with van der Waals surface area (Å²) in [7, 11) is -4.77. The van der Waals surface area contributed by atoms with E-state index in [2.05, 4.69) is 81.5 Å². The van der Waals surface area contributed by atoms with E-state index in [1.165, 1.54) is 128 Å². The molecule has 0 radical (unpaired) electrons. The van der Waals surface area contributed by atoms with E-state index >= 15 is 0 Å². The number of hydrogen-bond donors (Lipinski definition) is 2. The second-order valence-electron chi connectivity index (χ2n) is 19.8. The fourth-order valence-electron chi connectivity index (χ4n) is 8.15. The molecule has 0 aromatic carbocycles. The average molecular weight is 1060 g/mol. The Bertz CT molecular complexity index is 1520. The highest BCUT2D eigenvalue weighted by atomic mass is 31.2. The van der Waals surface area contributed by atoms with Crippen LogP contribution in [0.1, 0.15) is 265 Å². The maximum absolute atomic E-state index is 12.9. The van der Waals surface area contributed by atoms with Gasteiger partial charge in [0.25, 0.3) is 0 Å². The van der Waals surface area contributed by atoms with Crippen molar-refractivity contribution in [3.05, 3.63) is 72.9 Å². The molecule has 0 aromatic rings. The zero-order chi connectivity index (χ0) is 54.1. The number of hydrogen-bond acceptors (Lipinski definition) is 10. The number of rotatable bonds is 55. The van der Waals surface area contributed by atoms with Crippen molar-refractivity contribution >= 4 is 25.7 Å². The lowest BCUT2D eigenvalue weighted by Gasteiger charge is -2.21. The van der Waals surface area contributed by atoms with Crippen molar-refractivity contribution in [3.63, 3.8) is 0 Å². The van der Waals surface area contributed by atoms with Gasteiger partial charge in [-0.25, -0.2) is 4.57 Å². The predicted octanol–water partition coefficient (Wildman–Crippen LogP) is 17.7. The maximum atomic E-state index is 12.9.